The highest BCUT2D eigenvalue weighted by Gasteiger charge is 2.09. The van der Waals surface area contributed by atoms with E-state index in [0.29, 0.717) is 11.3 Å². The van der Waals surface area contributed by atoms with E-state index in [4.69, 9.17) is 5.73 Å². The minimum atomic E-state index is -3.24. The van der Waals surface area contributed by atoms with Gasteiger partial charge in [0.1, 0.15) is 0 Å². The third kappa shape index (κ3) is 2.56. The normalized spacial score (nSPS) is 11.4. The van der Waals surface area contributed by atoms with Gasteiger partial charge in [-0.3, -0.25) is 0 Å². The molecule has 1 aromatic carbocycles. The molecule has 6 nitrogen and oxygen atoms in total. The Balaban J connectivity index is 2.54. The minimum absolute atomic E-state index is 0.0484. The molecule has 0 radical (unpaired) electrons. The van der Waals surface area contributed by atoms with Crippen molar-refractivity contribution in [2.75, 3.05) is 12.0 Å². The largest absolute Gasteiger partial charge is 0.366 e. The fraction of sp³-hybridized carbons (Fsp3) is 0.100. The second kappa shape index (κ2) is 4.10. The van der Waals surface area contributed by atoms with Gasteiger partial charge in [0.05, 0.1) is 16.8 Å². The lowest BCUT2D eigenvalue weighted by molar-refractivity contribution is 0.602. The summed E-state index contributed by atoms with van der Waals surface area (Å²) >= 11 is 0. The lowest BCUT2D eigenvalue weighted by Gasteiger charge is -2.03. The van der Waals surface area contributed by atoms with Gasteiger partial charge < -0.3 is 5.73 Å². The maximum absolute atomic E-state index is 11.4. The number of rotatable bonds is 2. The van der Waals surface area contributed by atoms with Crippen molar-refractivity contribution in [1.29, 1.82) is 0 Å². The van der Waals surface area contributed by atoms with E-state index in [9.17, 15) is 8.42 Å². The summed E-state index contributed by atoms with van der Waals surface area (Å²) in [4.78, 5) is 4.20. The van der Waals surface area contributed by atoms with Crippen molar-refractivity contribution in [1.82, 2.24) is 15.2 Å². The monoisotopic (exact) mass is 250 g/mol. The highest BCUT2D eigenvalue weighted by atomic mass is 32.2. The average molecular weight is 250 g/mol. The van der Waals surface area contributed by atoms with Crippen LogP contribution in [0.5, 0.6) is 0 Å². The molecule has 0 aliphatic carbocycles. The summed E-state index contributed by atoms with van der Waals surface area (Å²) in [6.07, 6.45) is 2.58. The molecule has 2 N–H and O–H groups in total. The molecular formula is C10H10N4O2S. The molecule has 0 saturated carbocycles. The van der Waals surface area contributed by atoms with Gasteiger partial charge in [-0.05, 0) is 12.1 Å². The molecule has 2 rings (SSSR count). The van der Waals surface area contributed by atoms with E-state index in [-0.39, 0.29) is 10.8 Å². The smallest absolute Gasteiger partial charge is 0.240 e. The second-order valence-corrected chi connectivity index (χ2v) is 5.52. The number of nitrogen functional groups attached to an aromatic ring is 1. The predicted octanol–water partition coefficient (Wildman–Crippen LogP) is 0.524. The van der Waals surface area contributed by atoms with Crippen molar-refractivity contribution < 1.29 is 8.42 Å². The standard InChI is InChI=1S/C10H10N4O2S/c1-17(15,16)8-4-2-3-7(5-8)9-6-12-14-10(11)13-9/h2-6H,1H3,(H2,11,13,14). The molecular weight excluding hydrogens is 240 g/mol. The topological polar surface area (TPSA) is 98.8 Å². The van der Waals surface area contributed by atoms with Crippen LogP contribution in [-0.2, 0) is 9.84 Å². The number of anilines is 1. The first-order chi connectivity index (χ1) is 7.97. The summed E-state index contributed by atoms with van der Waals surface area (Å²) in [5.41, 5.74) is 6.54. The van der Waals surface area contributed by atoms with Gasteiger partial charge in [0.15, 0.2) is 9.84 Å². The third-order valence-electron chi connectivity index (χ3n) is 2.13. The average Bonchev–Trinajstić information content (AvgIpc) is 2.28. The predicted molar refractivity (Wildman–Crippen MR) is 62.8 cm³/mol. The quantitative estimate of drug-likeness (QED) is 0.834. The number of nitrogens with two attached hydrogens (primary N) is 1. The first-order valence-electron chi connectivity index (χ1n) is 4.72. The number of sulfone groups is 1. The summed E-state index contributed by atoms with van der Waals surface area (Å²) in [6.45, 7) is 0. The Kier molecular flexibility index (Phi) is 2.76. The van der Waals surface area contributed by atoms with Crippen molar-refractivity contribution in [3.63, 3.8) is 0 Å². The zero-order chi connectivity index (χ0) is 12.5. The highest BCUT2D eigenvalue weighted by Crippen LogP contribution is 2.20. The van der Waals surface area contributed by atoms with Gasteiger partial charge in [0.2, 0.25) is 5.95 Å². The number of aromatic nitrogens is 3. The number of nitrogens with zero attached hydrogens (tertiary/aromatic N) is 3. The van der Waals surface area contributed by atoms with Crippen LogP contribution in [-0.4, -0.2) is 29.9 Å². The van der Waals surface area contributed by atoms with Crippen LogP contribution in [0.25, 0.3) is 11.3 Å². The van der Waals surface area contributed by atoms with Gasteiger partial charge in [-0.1, -0.05) is 12.1 Å². The molecule has 0 unspecified atom stereocenters. The lowest BCUT2D eigenvalue weighted by atomic mass is 10.2. The van der Waals surface area contributed by atoms with E-state index < -0.39 is 9.84 Å². The molecule has 0 fully saturated rings. The molecule has 0 atom stereocenters. The molecule has 0 bridgehead atoms. The maximum Gasteiger partial charge on any atom is 0.240 e. The van der Waals surface area contributed by atoms with Gasteiger partial charge in [-0.2, -0.15) is 5.10 Å². The second-order valence-electron chi connectivity index (χ2n) is 3.50. The first-order valence-corrected chi connectivity index (χ1v) is 6.61. The fourth-order valence-electron chi connectivity index (χ4n) is 1.34. The zero-order valence-electron chi connectivity index (χ0n) is 9.03. The molecule has 17 heavy (non-hydrogen) atoms. The number of hydrogen-bond acceptors (Lipinski definition) is 6. The summed E-state index contributed by atoms with van der Waals surface area (Å²) in [7, 11) is -3.24. The van der Waals surface area contributed by atoms with E-state index >= 15 is 0 Å². The van der Waals surface area contributed by atoms with Crippen LogP contribution in [0, 0.1) is 0 Å². The molecule has 7 heteroatoms. The van der Waals surface area contributed by atoms with Gasteiger partial charge >= 0.3 is 0 Å². The van der Waals surface area contributed by atoms with Crippen LogP contribution in [0.4, 0.5) is 5.95 Å². The van der Waals surface area contributed by atoms with Crippen LogP contribution in [0.3, 0.4) is 0 Å². The van der Waals surface area contributed by atoms with Crippen LogP contribution in [0.1, 0.15) is 0 Å². The van der Waals surface area contributed by atoms with Crippen molar-refractivity contribution in [2.24, 2.45) is 0 Å². The Morgan fingerprint density at radius 3 is 2.71 bits per heavy atom. The lowest BCUT2D eigenvalue weighted by Crippen LogP contribution is -2.00. The van der Waals surface area contributed by atoms with Gasteiger partial charge in [-0.15, -0.1) is 5.10 Å². The molecule has 0 aliphatic rings. The SMILES string of the molecule is CS(=O)(=O)c1cccc(-c2cnnc(N)n2)c1. The zero-order valence-corrected chi connectivity index (χ0v) is 9.85. The van der Waals surface area contributed by atoms with Crippen molar-refractivity contribution in [3.8, 4) is 11.3 Å². The highest BCUT2D eigenvalue weighted by molar-refractivity contribution is 7.90. The number of benzene rings is 1. The molecule has 88 valence electrons. The first kappa shape index (κ1) is 11.5. The summed E-state index contributed by atoms with van der Waals surface area (Å²) in [5, 5.41) is 7.20. The van der Waals surface area contributed by atoms with Crippen molar-refractivity contribution in [3.05, 3.63) is 30.5 Å². The van der Waals surface area contributed by atoms with Crippen molar-refractivity contribution in [2.45, 2.75) is 4.90 Å². The minimum Gasteiger partial charge on any atom is -0.366 e. The van der Waals surface area contributed by atoms with Crippen molar-refractivity contribution >= 4 is 15.8 Å². The van der Waals surface area contributed by atoms with Gasteiger partial charge in [0.25, 0.3) is 0 Å². The van der Waals surface area contributed by atoms with Crippen LogP contribution in [0.2, 0.25) is 0 Å². The molecule has 0 spiro atoms. The van der Waals surface area contributed by atoms with Gasteiger partial charge in [-0.25, -0.2) is 13.4 Å². The molecule has 0 saturated heterocycles. The fourth-order valence-corrected chi connectivity index (χ4v) is 2.01. The Morgan fingerprint density at radius 1 is 1.29 bits per heavy atom. The summed E-state index contributed by atoms with van der Waals surface area (Å²) < 4.78 is 22.8. The number of hydrogen-bond donors (Lipinski definition) is 1. The van der Waals surface area contributed by atoms with Crippen LogP contribution in [0.15, 0.2) is 35.4 Å². The van der Waals surface area contributed by atoms with E-state index in [1.165, 1.54) is 18.3 Å². The third-order valence-corrected chi connectivity index (χ3v) is 3.24. The maximum atomic E-state index is 11.4. The van der Waals surface area contributed by atoms with Crippen LogP contribution >= 0.6 is 0 Å². The van der Waals surface area contributed by atoms with E-state index in [2.05, 4.69) is 15.2 Å². The van der Waals surface area contributed by atoms with Crippen LogP contribution < -0.4 is 5.73 Å². The Morgan fingerprint density at radius 2 is 2.06 bits per heavy atom. The summed E-state index contributed by atoms with van der Waals surface area (Å²) in [6, 6.07) is 6.43. The molecule has 0 aliphatic heterocycles. The van der Waals surface area contributed by atoms with E-state index in [1.807, 2.05) is 0 Å². The molecule has 1 heterocycles. The molecule has 1 aromatic heterocycles. The van der Waals surface area contributed by atoms with E-state index in [1.54, 1.807) is 12.1 Å². The molecule has 0 amide bonds. The van der Waals surface area contributed by atoms with Gasteiger partial charge in [0, 0.05) is 11.8 Å². The van der Waals surface area contributed by atoms with E-state index in [0.717, 1.165) is 6.26 Å². The molecule has 2 aromatic rings. The Labute approximate surface area is 98.4 Å². The Bertz CT molecular complexity index is 655. The summed E-state index contributed by atoms with van der Waals surface area (Å²) in [5.74, 6) is 0.0484. The Hall–Kier alpha value is -2.02.